The highest BCUT2D eigenvalue weighted by Gasteiger charge is 2.17. The normalized spacial score (nSPS) is 10.9. The molecule has 0 aromatic heterocycles. The Balaban J connectivity index is 1.68. The fourth-order valence-electron chi connectivity index (χ4n) is 3.14. The molecule has 0 radical (unpaired) electrons. The van der Waals surface area contributed by atoms with Gasteiger partial charge in [0.15, 0.2) is 11.5 Å². The van der Waals surface area contributed by atoms with E-state index in [1.807, 2.05) is 26.0 Å². The first kappa shape index (κ1) is 25.6. The van der Waals surface area contributed by atoms with Gasteiger partial charge in [-0.1, -0.05) is 29.8 Å². The van der Waals surface area contributed by atoms with Gasteiger partial charge in [-0.3, -0.25) is 9.59 Å². The van der Waals surface area contributed by atoms with Crippen molar-refractivity contribution in [2.24, 2.45) is 5.10 Å². The number of nitrogens with zero attached hydrogens (tertiary/aromatic N) is 1. The largest absolute Gasteiger partial charge is 0.493 e. The molecule has 35 heavy (non-hydrogen) atoms. The van der Waals surface area contributed by atoms with Crippen LogP contribution in [0, 0.1) is 13.8 Å². The molecule has 0 unspecified atom stereocenters. The molecule has 2 N–H and O–H groups in total. The van der Waals surface area contributed by atoms with E-state index < -0.39 is 17.8 Å². The third kappa shape index (κ3) is 6.54. The summed E-state index contributed by atoms with van der Waals surface area (Å²) in [7, 11) is 1.44. The summed E-state index contributed by atoms with van der Waals surface area (Å²) in [5, 5.41) is 6.58. The molecule has 3 rings (SSSR count). The molecule has 0 saturated heterocycles. The Morgan fingerprint density at radius 2 is 1.66 bits per heavy atom. The van der Waals surface area contributed by atoms with E-state index in [-0.39, 0.29) is 5.75 Å². The van der Waals surface area contributed by atoms with Gasteiger partial charge < -0.3 is 14.8 Å². The molecule has 0 spiro atoms. The van der Waals surface area contributed by atoms with Gasteiger partial charge >= 0.3 is 17.8 Å². The van der Waals surface area contributed by atoms with Gasteiger partial charge in [0, 0.05) is 15.7 Å². The molecule has 0 atom stereocenters. The number of halogens is 1. The maximum Gasteiger partial charge on any atom is 0.344 e. The summed E-state index contributed by atoms with van der Waals surface area (Å²) in [5.74, 6) is -1.76. The molecule has 0 bridgehead atoms. The Morgan fingerprint density at radius 3 is 2.34 bits per heavy atom. The first-order valence-electron chi connectivity index (χ1n) is 10.6. The molecular formula is C26H24BrN3O5. The molecule has 180 valence electrons. The predicted octanol–water partition coefficient (Wildman–Crippen LogP) is 4.77. The maximum absolute atomic E-state index is 12.5. The number of amides is 2. The van der Waals surface area contributed by atoms with Crippen LogP contribution in [-0.4, -0.2) is 30.6 Å². The van der Waals surface area contributed by atoms with Crippen molar-refractivity contribution < 1.29 is 23.9 Å². The summed E-state index contributed by atoms with van der Waals surface area (Å²) in [6.45, 7) is 5.44. The number of rotatable bonds is 6. The van der Waals surface area contributed by atoms with Crippen molar-refractivity contribution in [1.29, 1.82) is 0 Å². The smallest absolute Gasteiger partial charge is 0.344 e. The molecule has 0 saturated carbocycles. The third-order valence-electron chi connectivity index (χ3n) is 5.04. The van der Waals surface area contributed by atoms with E-state index in [0.29, 0.717) is 32.7 Å². The van der Waals surface area contributed by atoms with Crippen LogP contribution in [0.25, 0.3) is 0 Å². The van der Waals surface area contributed by atoms with Gasteiger partial charge in [0.2, 0.25) is 0 Å². The summed E-state index contributed by atoms with van der Waals surface area (Å²) in [6, 6.07) is 17.2. The number of benzene rings is 3. The van der Waals surface area contributed by atoms with Gasteiger partial charge in [-0.15, -0.1) is 0 Å². The van der Waals surface area contributed by atoms with E-state index in [1.165, 1.54) is 7.11 Å². The van der Waals surface area contributed by atoms with Crippen LogP contribution >= 0.6 is 15.9 Å². The fourth-order valence-corrected chi connectivity index (χ4v) is 3.59. The van der Waals surface area contributed by atoms with Crippen molar-refractivity contribution in [2.75, 3.05) is 12.4 Å². The lowest BCUT2D eigenvalue weighted by Gasteiger charge is -2.12. The highest BCUT2D eigenvalue weighted by atomic mass is 79.9. The van der Waals surface area contributed by atoms with Gasteiger partial charge in [-0.05, 0) is 78.7 Å². The molecule has 2 amide bonds. The number of anilines is 1. The Morgan fingerprint density at radius 1 is 0.914 bits per heavy atom. The number of aryl methyl sites for hydroxylation is 2. The summed E-state index contributed by atoms with van der Waals surface area (Å²) in [4.78, 5) is 36.9. The molecule has 8 nitrogen and oxygen atoms in total. The van der Waals surface area contributed by atoms with E-state index in [1.54, 1.807) is 55.5 Å². The van der Waals surface area contributed by atoms with Gasteiger partial charge in [0.25, 0.3) is 0 Å². The van der Waals surface area contributed by atoms with Gasteiger partial charge in [0.1, 0.15) is 0 Å². The third-order valence-corrected chi connectivity index (χ3v) is 5.73. The summed E-state index contributed by atoms with van der Waals surface area (Å²) in [6.07, 6.45) is 0. The topological polar surface area (TPSA) is 106 Å². The number of ether oxygens (including phenoxy) is 2. The average molecular weight is 538 g/mol. The summed E-state index contributed by atoms with van der Waals surface area (Å²) in [5.41, 5.74) is 6.08. The van der Waals surface area contributed by atoms with Gasteiger partial charge in [-0.2, -0.15) is 5.10 Å². The van der Waals surface area contributed by atoms with Crippen molar-refractivity contribution >= 4 is 45.1 Å². The highest BCUT2D eigenvalue weighted by molar-refractivity contribution is 9.10. The number of hydrogen-bond donors (Lipinski definition) is 2. The van der Waals surface area contributed by atoms with Crippen LogP contribution in [0.4, 0.5) is 5.69 Å². The zero-order chi connectivity index (χ0) is 25.5. The predicted molar refractivity (Wildman–Crippen MR) is 137 cm³/mol. The average Bonchev–Trinajstić information content (AvgIpc) is 2.84. The van der Waals surface area contributed by atoms with Gasteiger partial charge in [-0.25, -0.2) is 10.2 Å². The minimum Gasteiger partial charge on any atom is -0.493 e. The number of methoxy groups -OCH3 is 1. The summed E-state index contributed by atoms with van der Waals surface area (Å²) >= 11 is 3.33. The van der Waals surface area contributed by atoms with Crippen LogP contribution in [0.5, 0.6) is 11.5 Å². The quantitative estimate of drug-likeness (QED) is 0.155. The number of carbonyl (C=O) groups is 3. The molecule has 0 aliphatic carbocycles. The number of hydrogen-bond acceptors (Lipinski definition) is 6. The second kappa shape index (κ2) is 11.4. The first-order valence-corrected chi connectivity index (χ1v) is 11.4. The van der Waals surface area contributed by atoms with E-state index in [9.17, 15) is 14.4 Å². The summed E-state index contributed by atoms with van der Waals surface area (Å²) < 4.78 is 11.5. The lowest BCUT2D eigenvalue weighted by Crippen LogP contribution is -2.33. The molecule has 0 aliphatic heterocycles. The first-order chi connectivity index (χ1) is 16.7. The van der Waals surface area contributed by atoms with Crippen LogP contribution in [0.1, 0.15) is 34.0 Å². The zero-order valence-electron chi connectivity index (χ0n) is 19.6. The molecule has 3 aromatic rings. The molecule has 0 fully saturated rings. The lowest BCUT2D eigenvalue weighted by atomic mass is 10.1. The van der Waals surface area contributed by atoms with E-state index in [0.717, 1.165) is 11.1 Å². The monoisotopic (exact) mass is 537 g/mol. The number of hydrazone groups is 1. The zero-order valence-corrected chi connectivity index (χ0v) is 21.2. The van der Waals surface area contributed by atoms with E-state index in [4.69, 9.17) is 9.47 Å². The second-order valence-corrected chi connectivity index (χ2v) is 8.50. The van der Waals surface area contributed by atoms with Crippen molar-refractivity contribution in [1.82, 2.24) is 5.43 Å². The number of esters is 1. The van der Waals surface area contributed by atoms with Crippen molar-refractivity contribution in [2.45, 2.75) is 20.8 Å². The Kier molecular flexibility index (Phi) is 8.38. The van der Waals surface area contributed by atoms with Crippen molar-refractivity contribution in [3.05, 3.63) is 87.4 Å². The van der Waals surface area contributed by atoms with E-state index >= 15 is 0 Å². The highest BCUT2D eigenvalue weighted by Crippen LogP contribution is 2.30. The SMILES string of the molecule is COc1cc(/C(C)=N/NC(=O)C(=O)Nc2ccc(C)cc2C)ccc1OC(=O)c1ccccc1Br. The van der Waals surface area contributed by atoms with Gasteiger partial charge in [0.05, 0.1) is 18.4 Å². The van der Waals surface area contributed by atoms with Crippen LogP contribution in [-0.2, 0) is 9.59 Å². The Labute approximate surface area is 211 Å². The number of nitrogens with one attached hydrogen (secondary N) is 2. The minimum absolute atomic E-state index is 0.224. The van der Waals surface area contributed by atoms with Crippen molar-refractivity contribution in [3.8, 4) is 11.5 Å². The molecule has 9 heteroatoms. The molecular weight excluding hydrogens is 514 g/mol. The van der Waals surface area contributed by atoms with Crippen molar-refractivity contribution in [3.63, 3.8) is 0 Å². The maximum atomic E-state index is 12.5. The number of carbonyl (C=O) groups excluding carboxylic acids is 3. The Hall–Kier alpha value is -3.98. The standard InChI is InChI=1S/C26H24BrN3O5/c1-15-9-11-21(16(2)13-15)28-24(31)25(32)30-29-17(3)18-10-12-22(23(14-18)34-4)35-26(33)19-7-5-6-8-20(19)27/h5-14H,1-4H3,(H,28,31)(H,30,32)/b29-17+. The van der Waals surface area contributed by atoms with Crippen LogP contribution in [0.15, 0.2) is 70.2 Å². The Bertz CT molecular complexity index is 1320. The fraction of sp³-hybridized carbons (Fsp3) is 0.154. The molecule has 3 aromatic carbocycles. The molecule has 0 heterocycles. The van der Waals surface area contributed by atoms with Crippen LogP contribution in [0.2, 0.25) is 0 Å². The van der Waals surface area contributed by atoms with Crippen LogP contribution < -0.4 is 20.2 Å². The molecule has 0 aliphatic rings. The minimum atomic E-state index is -0.907. The van der Waals surface area contributed by atoms with Crippen LogP contribution in [0.3, 0.4) is 0 Å². The lowest BCUT2D eigenvalue weighted by molar-refractivity contribution is -0.136. The second-order valence-electron chi connectivity index (χ2n) is 7.65. The van der Waals surface area contributed by atoms with E-state index in [2.05, 4.69) is 31.8 Å².